The van der Waals surface area contributed by atoms with Crippen molar-refractivity contribution in [2.24, 2.45) is 35.0 Å². The lowest BCUT2D eigenvalue weighted by Gasteiger charge is -2.66. The molecule has 6 fully saturated rings. The van der Waals surface area contributed by atoms with Gasteiger partial charge < -0.3 is 9.90 Å². The number of carboxylic acids is 1. The molecule has 1 unspecified atom stereocenters. The van der Waals surface area contributed by atoms with Crippen LogP contribution in [0.5, 0.6) is 0 Å². The molecule has 0 aromatic rings. The number of rotatable bonds is 0. The van der Waals surface area contributed by atoms with Crippen LogP contribution in [0.25, 0.3) is 0 Å². The Labute approximate surface area is 104 Å². The second-order valence-electron chi connectivity index (χ2n) is 7.07. The van der Waals surface area contributed by atoms with Crippen molar-refractivity contribution in [2.75, 3.05) is 0 Å². The molecule has 0 aromatic heterocycles. The zero-order valence-electron chi connectivity index (χ0n) is 11.0. The molecule has 5 atom stereocenters. The summed E-state index contributed by atoms with van der Waals surface area (Å²) in [6, 6.07) is 0. The lowest BCUT2D eigenvalue weighted by Crippen LogP contribution is -2.67. The van der Waals surface area contributed by atoms with Crippen LogP contribution in [0.4, 0.5) is 0 Å². The van der Waals surface area contributed by atoms with E-state index < -0.39 is 5.97 Å². The molecule has 0 heterocycles. The minimum Gasteiger partial charge on any atom is -0.550 e. The van der Waals surface area contributed by atoms with Crippen molar-refractivity contribution in [3.63, 3.8) is 0 Å². The van der Waals surface area contributed by atoms with Crippen LogP contribution in [0.3, 0.4) is 0 Å². The van der Waals surface area contributed by atoms with Crippen molar-refractivity contribution >= 4 is 5.97 Å². The molecule has 2 heteroatoms. The molecule has 6 rings (SSSR count). The van der Waals surface area contributed by atoms with Gasteiger partial charge in [-0.05, 0) is 58.3 Å². The zero-order chi connectivity index (χ0) is 12.4. The largest absolute Gasteiger partial charge is 0.550 e. The van der Waals surface area contributed by atoms with Gasteiger partial charge in [0.1, 0.15) is 23.2 Å². The van der Waals surface area contributed by atoms with Crippen molar-refractivity contribution in [3.05, 3.63) is 5.92 Å². The number of carboxylic acid groups (broad SMARTS) is 1. The fourth-order valence-corrected chi connectivity index (χ4v) is 5.87. The summed E-state index contributed by atoms with van der Waals surface area (Å²) in [4.78, 5) is 8.89. The van der Waals surface area contributed by atoms with Crippen LogP contribution >= 0.6 is 0 Å². The smallest absolute Gasteiger partial charge is 0.113 e. The second-order valence-corrected chi connectivity index (χ2v) is 7.07. The van der Waals surface area contributed by atoms with E-state index in [-0.39, 0.29) is 0 Å². The summed E-state index contributed by atoms with van der Waals surface area (Å²) < 4.78 is 0. The highest BCUT2D eigenvalue weighted by Gasteiger charge is 2.78. The van der Waals surface area contributed by atoms with Crippen molar-refractivity contribution in [1.82, 2.24) is 0 Å². The highest BCUT2D eigenvalue weighted by atomic mass is 16.4. The second kappa shape index (κ2) is 3.43. The third-order valence-electron chi connectivity index (χ3n) is 5.79. The molecule has 6 bridgehead atoms. The number of hydrogen-bond acceptors (Lipinski definition) is 2. The van der Waals surface area contributed by atoms with E-state index in [0.717, 1.165) is 36.5 Å². The first-order chi connectivity index (χ1) is 7.91. The quantitative estimate of drug-likeness (QED) is 0.602. The number of aliphatic carboxylic acids is 1. The van der Waals surface area contributed by atoms with Gasteiger partial charge in [0.05, 0.1) is 5.92 Å². The Morgan fingerprint density at radius 1 is 1.24 bits per heavy atom. The molecular weight excluding hydrogens is 212 g/mol. The van der Waals surface area contributed by atoms with E-state index in [9.17, 15) is 0 Å². The fraction of sp³-hybridized carbons (Fsp3) is 0.867. The third-order valence-corrected chi connectivity index (χ3v) is 5.79. The molecule has 6 aliphatic rings. The first-order valence-electron chi connectivity index (χ1n) is 6.96. The van der Waals surface area contributed by atoms with E-state index in [1.807, 2.05) is 5.92 Å². The van der Waals surface area contributed by atoms with Crippen LogP contribution in [-0.4, -0.2) is 5.97 Å². The molecule has 0 amide bonds. The summed E-state index contributed by atoms with van der Waals surface area (Å²) >= 11 is 0. The Kier molecular flexibility index (Phi) is 2.30. The van der Waals surface area contributed by atoms with Crippen molar-refractivity contribution in [1.29, 1.82) is 0 Å². The summed E-state index contributed by atoms with van der Waals surface area (Å²) in [5.41, 5.74) is 0.656. The Morgan fingerprint density at radius 2 is 1.88 bits per heavy atom. The molecule has 0 N–H and O–H groups in total. The summed E-state index contributed by atoms with van der Waals surface area (Å²) in [7, 11) is 0. The first kappa shape index (κ1) is 11.4. The molecule has 6 aliphatic carbocycles. The number of hydrogen-bond donors (Lipinski definition) is 0. The number of carbonyl (C=O) groups is 1. The Hall–Kier alpha value is -0.660. The zero-order valence-corrected chi connectivity index (χ0v) is 11.0. The monoisotopic (exact) mass is 234 g/mol. The molecule has 17 heavy (non-hydrogen) atoms. The van der Waals surface area contributed by atoms with Crippen molar-refractivity contribution in [3.8, 4) is 0 Å². The average molecular weight is 234 g/mol. The molecule has 0 aromatic carbocycles. The Bertz CT molecular complexity index is 302. The average Bonchev–Trinajstić information content (AvgIpc) is 2.12. The van der Waals surface area contributed by atoms with Gasteiger partial charge in [-0.25, -0.2) is 0 Å². The maximum Gasteiger partial charge on any atom is 0.113 e. The van der Waals surface area contributed by atoms with E-state index in [2.05, 4.69) is 13.8 Å². The van der Waals surface area contributed by atoms with Crippen LogP contribution in [-0.2, 0) is 4.79 Å². The summed E-state index contributed by atoms with van der Waals surface area (Å²) in [5.74, 6) is 6.48. The van der Waals surface area contributed by atoms with Crippen molar-refractivity contribution in [2.45, 2.75) is 46.5 Å². The highest BCUT2D eigenvalue weighted by Crippen LogP contribution is 2.76. The van der Waals surface area contributed by atoms with E-state index in [0.29, 0.717) is 5.41 Å². The van der Waals surface area contributed by atoms with E-state index in [1.165, 1.54) is 0 Å². The van der Waals surface area contributed by atoms with Gasteiger partial charge in [0, 0.05) is 5.97 Å². The van der Waals surface area contributed by atoms with E-state index in [4.69, 9.17) is 9.90 Å². The number of carbonyl (C=O) groups excluding carboxylic acids is 1. The SMILES string of the molecule is CC(=O)[O-].CC1(C)[C+]2[C@H]3C[C@H]4C[C@H](C3)C1[C@H]2C4. The molecule has 0 saturated heterocycles. The van der Waals surface area contributed by atoms with Crippen molar-refractivity contribution < 1.29 is 9.90 Å². The Balaban J connectivity index is 0.000000201. The summed E-state index contributed by atoms with van der Waals surface area (Å²) in [6.45, 7) is 6.02. The van der Waals surface area contributed by atoms with Gasteiger partial charge in [0.15, 0.2) is 0 Å². The fourth-order valence-electron chi connectivity index (χ4n) is 5.87. The minimum absolute atomic E-state index is 0.656. The molecule has 2 nitrogen and oxygen atoms in total. The standard InChI is InChI=1S/C13H19.C2H4O2/c1-13(2)11-8-3-7-4-9(6-8)12(13)10(11)5-7;1-2(3)4/h7-11H,3-6H2,1-2H3;1H3,(H,3,4)/q+1;/p-1/t7-,8-,9+,10-,11?;/m1./s1. The predicted molar refractivity (Wildman–Crippen MR) is 63.6 cm³/mol. The highest BCUT2D eigenvalue weighted by molar-refractivity contribution is 5.60. The maximum absolute atomic E-state index is 8.89. The van der Waals surface area contributed by atoms with Gasteiger partial charge in [-0.3, -0.25) is 0 Å². The molecule has 0 aliphatic heterocycles. The molecule has 6 saturated carbocycles. The van der Waals surface area contributed by atoms with Gasteiger partial charge in [0.25, 0.3) is 0 Å². The summed E-state index contributed by atoms with van der Waals surface area (Å²) in [6.07, 6.45) is 6.32. The van der Waals surface area contributed by atoms with Crippen LogP contribution in [0, 0.1) is 40.9 Å². The van der Waals surface area contributed by atoms with Crippen LogP contribution in [0.15, 0.2) is 0 Å². The van der Waals surface area contributed by atoms with Gasteiger partial charge in [-0.1, -0.05) is 0 Å². The normalized spacial score (nSPS) is 47.0. The topological polar surface area (TPSA) is 40.1 Å². The minimum atomic E-state index is -1.08. The first-order valence-corrected chi connectivity index (χ1v) is 6.96. The van der Waals surface area contributed by atoms with Crippen LogP contribution in [0.1, 0.15) is 46.5 Å². The summed E-state index contributed by atoms with van der Waals surface area (Å²) in [5, 5.41) is 8.89. The molecule has 0 radical (unpaired) electrons. The Morgan fingerprint density at radius 3 is 2.41 bits per heavy atom. The van der Waals surface area contributed by atoms with Crippen LogP contribution in [0.2, 0.25) is 0 Å². The third kappa shape index (κ3) is 1.45. The van der Waals surface area contributed by atoms with Gasteiger partial charge in [0.2, 0.25) is 0 Å². The predicted octanol–water partition coefficient (Wildman–Crippen LogP) is 2.04. The lowest BCUT2D eigenvalue weighted by atomic mass is 9.30. The van der Waals surface area contributed by atoms with Crippen LogP contribution < -0.4 is 5.11 Å². The lowest BCUT2D eigenvalue weighted by molar-refractivity contribution is -0.302. The molecule has 94 valence electrons. The molecular formula is C15H22O2. The molecule has 0 spiro atoms. The van der Waals surface area contributed by atoms with E-state index >= 15 is 0 Å². The maximum atomic E-state index is 8.89. The van der Waals surface area contributed by atoms with Gasteiger partial charge in [-0.15, -0.1) is 0 Å². The van der Waals surface area contributed by atoms with E-state index in [1.54, 1.807) is 25.7 Å². The van der Waals surface area contributed by atoms with Gasteiger partial charge >= 0.3 is 0 Å². The van der Waals surface area contributed by atoms with Gasteiger partial charge in [-0.2, -0.15) is 0 Å².